The summed E-state index contributed by atoms with van der Waals surface area (Å²) >= 11 is 0. The minimum absolute atomic E-state index is 0.870. The zero-order chi connectivity index (χ0) is 35.6. The van der Waals surface area contributed by atoms with Gasteiger partial charge in [-0.2, -0.15) is 0 Å². The van der Waals surface area contributed by atoms with Crippen molar-refractivity contribution in [1.29, 1.82) is 0 Å². The van der Waals surface area contributed by atoms with Crippen LogP contribution in [0.2, 0.25) is 0 Å². The summed E-state index contributed by atoms with van der Waals surface area (Å²) in [7, 11) is 0. The molecule has 0 amide bonds. The van der Waals surface area contributed by atoms with E-state index < -0.39 is 0 Å². The summed E-state index contributed by atoms with van der Waals surface area (Å²) in [6, 6.07) is 72.3. The van der Waals surface area contributed by atoms with Crippen molar-refractivity contribution in [2.24, 2.45) is 0 Å². The Morgan fingerprint density at radius 2 is 0.889 bits per heavy atom. The summed E-state index contributed by atoms with van der Waals surface area (Å²) in [4.78, 5) is 2.42. The topological polar surface area (TPSA) is 16.4 Å². The molecule has 0 radical (unpaired) electrons. The van der Waals surface area contributed by atoms with Crippen molar-refractivity contribution < 1.29 is 4.42 Å². The number of fused-ring (bicyclic) bond motifs is 8. The van der Waals surface area contributed by atoms with E-state index in [1.807, 2.05) is 6.07 Å². The van der Waals surface area contributed by atoms with E-state index in [2.05, 4.69) is 199 Å². The van der Waals surface area contributed by atoms with Crippen LogP contribution in [0.3, 0.4) is 0 Å². The lowest BCUT2D eigenvalue weighted by Gasteiger charge is -2.28. The summed E-state index contributed by atoms with van der Waals surface area (Å²) in [6.45, 7) is 0. The molecule has 0 fully saturated rings. The van der Waals surface area contributed by atoms with Crippen LogP contribution in [0, 0.1) is 0 Å². The molecule has 0 aliphatic carbocycles. The highest BCUT2D eigenvalue weighted by Crippen LogP contribution is 2.47. The third-order valence-electron chi connectivity index (χ3n) is 11.0. The van der Waals surface area contributed by atoms with E-state index in [0.29, 0.717) is 0 Å². The molecule has 0 aliphatic heterocycles. The minimum Gasteiger partial charge on any atom is -0.456 e. The normalized spacial score (nSPS) is 11.7. The van der Waals surface area contributed by atoms with E-state index in [1.165, 1.54) is 65.3 Å². The molecule has 0 aliphatic rings. The summed E-state index contributed by atoms with van der Waals surface area (Å²) in [5.74, 6) is 0. The Bertz CT molecular complexity index is 3220. The molecule has 1 heterocycles. The second-order valence-corrected chi connectivity index (χ2v) is 14.0. The van der Waals surface area contributed by atoms with Crippen molar-refractivity contribution in [2.75, 3.05) is 4.90 Å². The largest absolute Gasteiger partial charge is 0.456 e. The Hall–Kier alpha value is -7.16. The number of hydrogen-bond acceptors (Lipinski definition) is 2. The minimum atomic E-state index is 0.870. The standard InChI is InChI=1S/C52H33NO/c1-3-16-38-34(13-1)15-11-23-41(38)44-31-32-48(45-21-8-7-19-42(44)45)53(49-24-12-26-51-52(49)46-22-9-10-25-50(46)54-51)37-29-27-35(28-30-37)47-33-36-14-2-4-17-39(36)40-18-5-6-20-43(40)47/h1-33H. The second kappa shape index (κ2) is 12.2. The van der Waals surface area contributed by atoms with Crippen LogP contribution in [-0.4, -0.2) is 0 Å². The Morgan fingerprint density at radius 3 is 1.70 bits per heavy atom. The van der Waals surface area contributed by atoms with Crippen molar-refractivity contribution in [3.63, 3.8) is 0 Å². The van der Waals surface area contributed by atoms with Gasteiger partial charge in [-0.15, -0.1) is 0 Å². The molecule has 0 N–H and O–H groups in total. The first-order valence-electron chi connectivity index (χ1n) is 18.5. The Kier molecular flexibility index (Phi) is 6.90. The lowest BCUT2D eigenvalue weighted by atomic mass is 9.92. The number of benzene rings is 10. The van der Waals surface area contributed by atoms with E-state index in [4.69, 9.17) is 4.42 Å². The Balaban J connectivity index is 1.15. The van der Waals surface area contributed by atoms with Crippen molar-refractivity contribution in [3.05, 3.63) is 200 Å². The third-order valence-corrected chi connectivity index (χ3v) is 11.0. The summed E-state index contributed by atoms with van der Waals surface area (Å²) in [6.07, 6.45) is 0. The molecule has 2 heteroatoms. The van der Waals surface area contributed by atoms with Gasteiger partial charge in [-0.3, -0.25) is 0 Å². The maximum Gasteiger partial charge on any atom is 0.137 e. The zero-order valence-electron chi connectivity index (χ0n) is 29.4. The highest BCUT2D eigenvalue weighted by atomic mass is 16.3. The first-order valence-corrected chi connectivity index (χ1v) is 18.5. The van der Waals surface area contributed by atoms with Crippen molar-refractivity contribution in [2.45, 2.75) is 0 Å². The summed E-state index contributed by atoms with van der Waals surface area (Å²) in [5, 5.41) is 12.1. The van der Waals surface area contributed by atoms with Crippen LogP contribution in [0.4, 0.5) is 17.1 Å². The number of anilines is 3. The molecule has 2 nitrogen and oxygen atoms in total. The molecule has 54 heavy (non-hydrogen) atoms. The molecule has 11 aromatic rings. The molecular weight excluding hydrogens is 655 g/mol. The smallest absolute Gasteiger partial charge is 0.137 e. The average Bonchev–Trinajstić information content (AvgIpc) is 3.63. The Labute approximate surface area is 312 Å². The lowest BCUT2D eigenvalue weighted by molar-refractivity contribution is 0.669. The van der Waals surface area contributed by atoms with Crippen molar-refractivity contribution in [1.82, 2.24) is 0 Å². The fourth-order valence-electron chi connectivity index (χ4n) is 8.61. The maximum absolute atomic E-state index is 6.45. The van der Waals surface area contributed by atoms with Gasteiger partial charge in [-0.05, 0) is 102 Å². The first-order chi connectivity index (χ1) is 26.8. The van der Waals surface area contributed by atoms with Gasteiger partial charge in [-0.1, -0.05) is 158 Å². The third kappa shape index (κ3) is 4.74. The number of furan rings is 1. The van der Waals surface area contributed by atoms with Gasteiger partial charge in [0.1, 0.15) is 11.2 Å². The quantitative estimate of drug-likeness (QED) is 0.168. The lowest BCUT2D eigenvalue weighted by Crippen LogP contribution is -2.11. The molecule has 0 saturated carbocycles. The van der Waals surface area contributed by atoms with Gasteiger partial charge in [0.25, 0.3) is 0 Å². The second-order valence-electron chi connectivity index (χ2n) is 14.0. The molecular formula is C52H33NO. The molecule has 0 spiro atoms. The zero-order valence-corrected chi connectivity index (χ0v) is 29.4. The summed E-state index contributed by atoms with van der Waals surface area (Å²) in [5.41, 5.74) is 9.88. The first kappa shape index (κ1) is 30.5. The number of hydrogen-bond donors (Lipinski definition) is 0. The van der Waals surface area contributed by atoms with Gasteiger partial charge in [0.2, 0.25) is 0 Å². The fourth-order valence-corrected chi connectivity index (χ4v) is 8.61. The molecule has 252 valence electrons. The molecule has 11 rings (SSSR count). The van der Waals surface area contributed by atoms with Gasteiger partial charge < -0.3 is 9.32 Å². The Morgan fingerprint density at radius 1 is 0.315 bits per heavy atom. The van der Waals surface area contributed by atoms with Crippen LogP contribution in [0.15, 0.2) is 205 Å². The highest BCUT2D eigenvalue weighted by Gasteiger charge is 2.22. The van der Waals surface area contributed by atoms with Gasteiger partial charge in [0, 0.05) is 16.5 Å². The molecule has 0 saturated heterocycles. The van der Waals surface area contributed by atoms with Gasteiger partial charge in [-0.25, -0.2) is 0 Å². The van der Waals surface area contributed by atoms with E-state index in [-0.39, 0.29) is 0 Å². The molecule has 0 bridgehead atoms. The molecule has 0 atom stereocenters. The van der Waals surface area contributed by atoms with Crippen molar-refractivity contribution in [3.8, 4) is 22.3 Å². The molecule has 1 aromatic heterocycles. The van der Waals surface area contributed by atoms with E-state index in [1.54, 1.807) is 0 Å². The summed E-state index contributed by atoms with van der Waals surface area (Å²) < 4.78 is 6.45. The predicted octanol–water partition coefficient (Wildman–Crippen LogP) is 15.0. The average molecular weight is 688 g/mol. The van der Waals surface area contributed by atoms with E-state index in [9.17, 15) is 0 Å². The van der Waals surface area contributed by atoms with Crippen LogP contribution in [0.5, 0.6) is 0 Å². The number of nitrogens with zero attached hydrogens (tertiary/aromatic N) is 1. The van der Waals surface area contributed by atoms with Crippen LogP contribution >= 0.6 is 0 Å². The predicted molar refractivity (Wildman–Crippen MR) is 229 cm³/mol. The van der Waals surface area contributed by atoms with Gasteiger partial charge in [0.05, 0.1) is 16.8 Å². The van der Waals surface area contributed by atoms with Crippen LogP contribution in [-0.2, 0) is 0 Å². The van der Waals surface area contributed by atoms with Gasteiger partial charge >= 0.3 is 0 Å². The highest BCUT2D eigenvalue weighted by molar-refractivity contribution is 6.17. The molecule has 0 unspecified atom stereocenters. The van der Waals surface area contributed by atoms with Crippen LogP contribution in [0.25, 0.3) is 87.3 Å². The molecule has 10 aromatic carbocycles. The van der Waals surface area contributed by atoms with Gasteiger partial charge in [0.15, 0.2) is 0 Å². The van der Waals surface area contributed by atoms with E-state index in [0.717, 1.165) is 39.0 Å². The SMILES string of the molecule is c1ccc2c(-c3ccc(N(c4ccc(-c5cc6ccccc6c6ccccc56)cc4)c4cccc5oc6ccccc6c45)c4ccccc34)cccc2c1. The monoisotopic (exact) mass is 687 g/mol. The number of rotatable bonds is 5. The number of para-hydroxylation sites is 1. The fraction of sp³-hybridized carbons (Fsp3) is 0. The van der Waals surface area contributed by atoms with Crippen LogP contribution < -0.4 is 4.90 Å². The van der Waals surface area contributed by atoms with E-state index >= 15 is 0 Å². The van der Waals surface area contributed by atoms with Crippen LogP contribution in [0.1, 0.15) is 0 Å². The van der Waals surface area contributed by atoms with Crippen molar-refractivity contribution >= 4 is 82.1 Å². The maximum atomic E-state index is 6.45.